The number of pyridine rings is 2. The van der Waals surface area contributed by atoms with Crippen molar-refractivity contribution in [3.05, 3.63) is 48.4 Å². The van der Waals surface area contributed by atoms with Gasteiger partial charge in [-0.15, -0.1) is 0 Å². The Morgan fingerprint density at radius 1 is 1.32 bits per heavy atom. The normalized spacial score (nSPS) is 14.6. The fraction of sp³-hybridized carbons (Fsp3) is 0.250. The molecule has 0 amide bonds. The number of carbonyl (C=O) groups is 1. The predicted molar refractivity (Wildman–Crippen MR) is 107 cm³/mol. The Bertz CT molecular complexity index is 1240. The minimum atomic E-state index is -3.43. The van der Waals surface area contributed by atoms with Crippen LogP contribution in [0.5, 0.6) is 0 Å². The maximum absolute atomic E-state index is 12.5. The molecule has 3 aromatic heterocycles. The van der Waals surface area contributed by atoms with E-state index in [1.165, 1.54) is 24.0 Å². The molecule has 0 aromatic carbocycles. The lowest BCUT2D eigenvalue weighted by atomic mass is 9.87. The largest absolute Gasteiger partial charge is 0.314 e. The molecule has 0 saturated heterocycles. The maximum Gasteiger partial charge on any atom is 0.196 e. The van der Waals surface area contributed by atoms with E-state index >= 15 is 0 Å². The lowest BCUT2D eigenvalue weighted by Crippen LogP contribution is -2.19. The fourth-order valence-electron chi connectivity index (χ4n) is 3.19. The number of nitrogens with zero attached hydrogens (tertiary/aromatic N) is 3. The molecule has 142 valence electrons. The standard InChI is InChI=1S/C20H17N3O3S2/c1-28(25,26)15-9-18-14(10-21)5-6-17(23(18)12-15)16-11-22-8-7-19(16)27-20(24)13-3-2-4-13/h5-9,11-13H,2-4H2,1H3. The predicted octanol–water partition coefficient (Wildman–Crippen LogP) is 3.70. The number of nitriles is 1. The van der Waals surface area contributed by atoms with Crippen molar-refractivity contribution >= 4 is 32.2 Å². The number of fused-ring (bicyclic) bond motifs is 1. The molecule has 0 spiro atoms. The minimum absolute atomic E-state index is 0.107. The molecule has 0 atom stereocenters. The van der Waals surface area contributed by atoms with Crippen LogP contribution < -0.4 is 0 Å². The molecule has 0 radical (unpaired) electrons. The van der Waals surface area contributed by atoms with Crippen molar-refractivity contribution in [3.8, 4) is 17.3 Å². The topological polar surface area (TPSA) is 92.3 Å². The van der Waals surface area contributed by atoms with Gasteiger partial charge >= 0.3 is 0 Å². The molecule has 1 saturated carbocycles. The first-order valence-corrected chi connectivity index (χ1v) is 11.5. The van der Waals surface area contributed by atoms with E-state index in [-0.39, 0.29) is 15.9 Å². The summed E-state index contributed by atoms with van der Waals surface area (Å²) < 4.78 is 25.7. The average molecular weight is 412 g/mol. The van der Waals surface area contributed by atoms with Crippen molar-refractivity contribution in [3.63, 3.8) is 0 Å². The molecule has 0 unspecified atom stereocenters. The lowest BCUT2D eigenvalue weighted by Gasteiger charge is -2.23. The average Bonchev–Trinajstić information content (AvgIpc) is 3.06. The Hall–Kier alpha value is -2.63. The zero-order chi connectivity index (χ0) is 19.9. The molecule has 6 nitrogen and oxygen atoms in total. The molecule has 0 aliphatic heterocycles. The summed E-state index contributed by atoms with van der Waals surface area (Å²) in [6.07, 6.45) is 8.90. The van der Waals surface area contributed by atoms with Crippen LogP contribution in [-0.4, -0.2) is 29.2 Å². The summed E-state index contributed by atoms with van der Waals surface area (Å²) in [6, 6.07) is 8.81. The summed E-state index contributed by atoms with van der Waals surface area (Å²) in [4.78, 5) is 17.6. The number of thioether (sulfide) groups is 1. The van der Waals surface area contributed by atoms with Crippen LogP contribution in [0.1, 0.15) is 24.8 Å². The summed E-state index contributed by atoms with van der Waals surface area (Å²) in [5.74, 6) is 0.107. The molecule has 28 heavy (non-hydrogen) atoms. The third-order valence-corrected chi connectivity index (χ3v) is 7.18. The highest BCUT2D eigenvalue weighted by atomic mass is 32.2. The molecule has 3 aromatic rings. The van der Waals surface area contributed by atoms with Gasteiger partial charge in [-0.3, -0.25) is 9.78 Å². The number of aromatic nitrogens is 2. The van der Waals surface area contributed by atoms with Gasteiger partial charge in [0, 0.05) is 41.2 Å². The Kier molecular flexibility index (Phi) is 4.73. The molecular formula is C20H17N3O3S2. The first kappa shape index (κ1) is 18.7. The second-order valence-electron chi connectivity index (χ2n) is 6.87. The summed E-state index contributed by atoms with van der Waals surface area (Å²) in [5.41, 5.74) is 2.29. The molecule has 0 N–H and O–H groups in total. The van der Waals surface area contributed by atoms with Gasteiger partial charge in [0.1, 0.15) is 6.07 Å². The highest BCUT2D eigenvalue weighted by Crippen LogP contribution is 2.38. The van der Waals surface area contributed by atoms with Gasteiger partial charge in [0.25, 0.3) is 0 Å². The first-order valence-electron chi connectivity index (χ1n) is 8.80. The molecule has 1 aliphatic rings. The van der Waals surface area contributed by atoms with Gasteiger partial charge in [-0.25, -0.2) is 8.42 Å². The lowest BCUT2D eigenvalue weighted by molar-refractivity contribution is -0.116. The maximum atomic E-state index is 12.5. The zero-order valence-corrected chi connectivity index (χ0v) is 16.8. The smallest absolute Gasteiger partial charge is 0.196 e. The van der Waals surface area contributed by atoms with Gasteiger partial charge < -0.3 is 4.40 Å². The Labute approximate surface area is 167 Å². The van der Waals surface area contributed by atoms with Gasteiger partial charge in [-0.05, 0) is 37.1 Å². The van der Waals surface area contributed by atoms with Gasteiger partial charge in [0.15, 0.2) is 15.0 Å². The van der Waals surface area contributed by atoms with E-state index in [9.17, 15) is 18.5 Å². The third kappa shape index (κ3) is 3.32. The van der Waals surface area contributed by atoms with Crippen molar-refractivity contribution < 1.29 is 13.2 Å². The molecule has 4 rings (SSSR count). The quantitative estimate of drug-likeness (QED) is 0.608. The molecule has 3 heterocycles. The summed E-state index contributed by atoms with van der Waals surface area (Å²) >= 11 is 1.20. The van der Waals surface area contributed by atoms with Crippen LogP contribution in [0.3, 0.4) is 0 Å². The second kappa shape index (κ2) is 7.08. The monoisotopic (exact) mass is 411 g/mol. The molecule has 0 bridgehead atoms. The van der Waals surface area contributed by atoms with E-state index in [0.717, 1.165) is 36.0 Å². The van der Waals surface area contributed by atoms with Crippen LogP contribution in [0.25, 0.3) is 16.8 Å². The van der Waals surface area contributed by atoms with Crippen molar-refractivity contribution in [2.24, 2.45) is 5.92 Å². The second-order valence-corrected chi connectivity index (χ2v) is 9.93. The van der Waals surface area contributed by atoms with Crippen LogP contribution in [0.15, 0.2) is 52.6 Å². The fourth-order valence-corrected chi connectivity index (χ4v) is 4.83. The molecule has 1 aliphatic carbocycles. The van der Waals surface area contributed by atoms with Gasteiger partial charge in [0.05, 0.1) is 21.7 Å². The van der Waals surface area contributed by atoms with E-state index in [1.807, 2.05) is 0 Å². The van der Waals surface area contributed by atoms with E-state index in [2.05, 4.69) is 11.1 Å². The molecule has 1 fully saturated rings. The summed E-state index contributed by atoms with van der Waals surface area (Å²) in [5, 5.41) is 9.55. The molecule has 8 heteroatoms. The van der Waals surface area contributed by atoms with Crippen molar-refractivity contribution in [1.29, 1.82) is 5.26 Å². The number of carbonyl (C=O) groups excluding carboxylic acids is 1. The van der Waals surface area contributed by atoms with Crippen LogP contribution >= 0.6 is 11.8 Å². The number of hydrogen-bond acceptors (Lipinski definition) is 6. The van der Waals surface area contributed by atoms with Crippen LogP contribution in [0.2, 0.25) is 0 Å². The Morgan fingerprint density at radius 2 is 2.11 bits per heavy atom. The number of sulfone groups is 1. The third-order valence-electron chi connectivity index (χ3n) is 4.99. The van der Waals surface area contributed by atoms with E-state index in [1.54, 1.807) is 35.0 Å². The van der Waals surface area contributed by atoms with E-state index in [4.69, 9.17) is 0 Å². The van der Waals surface area contributed by atoms with Gasteiger partial charge in [-0.1, -0.05) is 18.2 Å². The van der Waals surface area contributed by atoms with Crippen molar-refractivity contribution in [1.82, 2.24) is 9.38 Å². The Morgan fingerprint density at radius 3 is 2.75 bits per heavy atom. The highest BCUT2D eigenvalue weighted by Gasteiger charge is 2.27. The zero-order valence-electron chi connectivity index (χ0n) is 15.1. The van der Waals surface area contributed by atoms with Crippen molar-refractivity contribution in [2.75, 3.05) is 6.26 Å². The summed E-state index contributed by atoms with van der Waals surface area (Å²) in [7, 11) is -3.43. The first-order chi connectivity index (χ1) is 13.4. The van der Waals surface area contributed by atoms with Crippen LogP contribution in [0, 0.1) is 17.2 Å². The SMILES string of the molecule is CS(=O)(=O)c1cc2c(C#N)ccc(-c3cnccc3SC(=O)C3CCC3)n2c1. The highest BCUT2D eigenvalue weighted by molar-refractivity contribution is 8.13. The number of hydrogen-bond donors (Lipinski definition) is 0. The summed E-state index contributed by atoms with van der Waals surface area (Å²) in [6.45, 7) is 0. The van der Waals surface area contributed by atoms with E-state index < -0.39 is 9.84 Å². The Balaban J connectivity index is 1.87. The van der Waals surface area contributed by atoms with Crippen LogP contribution in [-0.2, 0) is 14.6 Å². The molecular weight excluding hydrogens is 394 g/mol. The minimum Gasteiger partial charge on any atom is -0.314 e. The number of rotatable bonds is 4. The van der Waals surface area contributed by atoms with E-state index in [0.29, 0.717) is 16.8 Å². The van der Waals surface area contributed by atoms with Crippen molar-refractivity contribution in [2.45, 2.75) is 29.1 Å². The van der Waals surface area contributed by atoms with Crippen LogP contribution in [0.4, 0.5) is 0 Å². The van der Waals surface area contributed by atoms with Gasteiger partial charge in [-0.2, -0.15) is 5.26 Å². The van der Waals surface area contributed by atoms with Gasteiger partial charge in [0.2, 0.25) is 0 Å².